The topological polar surface area (TPSA) is 88.5 Å². The van der Waals surface area contributed by atoms with Crippen LogP contribution in [0, 0.1) is 0 Å². The normalized spacial score (nSPS) is 10.2. The van der Waals surface area contributed by atoms with Crippen molar-refractivity contribution in [1.82, 2.24) is 25.1 Å². The molecule has 0 amide bonds. The van der Waals surface area contributed by atoms with E-state index in [2.05, 4.69) is 35.8 Å². The molecule has 0 bridgehead atoms. The first-order chi connectivity index (χ1) is 10.9. The predicted molar refractivity (Wildman–Crippen MR) is 83.0 cm³/mol. The molecular formula is C15H15N7. The van der Waals surface area contributed by atoms with Gasteiger partial charge in [0, 0.05) is 25.1 Å². The fraction of sp³-hybridized carbons (Fsp3) is 0.133. The number of anilines is 2. The van der Waals surface area contributed by atoms with Crippen molar-refractivity contribution in [2.75, 3.05) is 10.6 Å². The molecular weight excluding hydrogens is 278 g/mol. The summed E-state index contributed by atoms with van der Waals surface area (Å²) in [6.07, 6.45) is 6.86. The van der Waals surface area contributed by atoms with Crippen LogP contribution in [0.3, 0.4) is 0 Å². The Morgan fingerprint density at radius 1 is 0.909 bits per heavy atom. The molecule has 0 aliphatic heterocycles. The summed E-state index contributed by atoms with van der Waals surface area (Å²) >= 11 is 0. The van der Waals surface area contributed by atoms with E-state index in [1.807, 2.05) is 30.3 Å². The lowest BCUT2D eigenvalue weighted by atomic mass is 10.3. The minimum Gasteiger partial charge on any atom is -0.365 e. The number of hydrogen-bond donors (Lipinski definition) is 2. The minimum absolute atomic E-state index is 0.463. The van der Waals surface area contributed by atoms with Crippen LogP contribution in [0.2, 0.25) is 0 Å². The highest BCUT2D eigenvalue weighted by atomic mass is 15.3. The van der Waals surface area contributed by atoms with Crippen LogP contribution in [0.25, 0.3) is 0 Å². The fourth-order valence-electron chi connectivity index (χ4n) is 1.83. The Bertz CT molecular complexity index is 645. The molecule has 0 unspecified atom stereocenters. The van der Waals surface area contributed by atoms with E-state index in [0.717, 1.165) is 11.3 Å². The van der Waals surface area contributed by atoms with Crippen LogP contribution < -0.4 is 10.6 Å². The van der Waals surface area contributed by atoms with Gasteiger partial charge in [-0.25, -0.2) is 0 Å². The van der Waals surface area contributed by atoms with E-state index >= 15 is 0 Å². The van der Waals surface area contributed by atoms with E-state index in [1.165, 1.54) is 0 Å². The highest BCUT2D eigenvalue weighted by Crippen LogP contribution is 2.07. The van der Waals surface area contributed by atoms with Gasteiger partial charge in [-0.1, -0.05) is 6.07 Å². The third-order valence-electron chi connectivity index (χ3n) is 2.94. The Labute approximate surface area is 127 Å². The molecule has 7 heteroatoms. The summed E-state index contributed by atoms with van der Waals surface area (Å²) in [5, 5.41) is 14.2. The highest BCUT2D eigenvalue weighted by Gasteiger charge is 2.01. The van der Waals surface area contributed by atoms with Gasteiger partial charge in [0.2, 0.25) is 5.95 Å². The van der Waals surface area contributed by atoms with Gasteiger partial charge in [0.25, 0.3) is 0 Å². The zero-order valence-corrected chi connectivity index (χ0v) is 11.8. The Morgan fingerprint density at radius 3 is 2.64 bits per heavy atom. The van der Waals surface area contributed by atoms with Crippen molar-refractivity contribution >= 4 is 11.8 Å². The van der Waals surface area contributed by atoms with Crippen molar-refractivity contribution in [3.05, 3.63) is 66.4 Å². The summed E-state index contributed by atoms with van der Waals surface area (Å²) in [5.41, 5.74) is 2.04. The van der Waals surface area contributed by atoms with Crippen LogP contribution in [0.5, 0.6) is 0 Å². The van der Waals surface area contributed by atoms with Crippen molar-refractivity contribution in [2.24, 2.45) is 0 Å². The average Bonchev–Trinajstić information content (AvgIpc) is 2.60. The maximum Gasteiger partial charge on any atom is 0.245 e. The van der Waals surface area contributed by atoms with Gasteiger partial charge in [-0.05, 0) is 29.8 Å². The molecule has 0 saturated carbocycles. The molecule has 0 radical (unpaired) electrons. The molecule has 0 atom stereocenters. The van der Waals surface area contributed by atoms with Gasteiger partial charge in [0.15, 0.2) is 5.82 Å². The average molecular weight is 293 g/mol. The number of nitrogens with one attached hydrogen (secondary N) is 2. The van der Waals surface area contributed by atoms with E-state index in [4.69, 9.17) is 0 Å². The summed E-state index contributed by atoms with van der Waals surface area (Å²) in [4.78, 5) is 12.6. The second kappa shape index (κ2) is 7.07. The molecule has 0 aliphatic carbocycles. The van der Waals surface area contributed by atoms with Crippen molar-refractivity contribution in [2.45, 2.75) is 13.1 Å². The van der Waals surface area contributed by atoms with Crippen LogP contribution in [0.1, 0.15) is 11.3 Å². The molecule has 0 saturated heterocycles. The standard InChI is InChI=1S/C15H15N7/c1-2-6-17-13(3-1)10-19-15-21-14(11-20-22-15)18-9-12-4-7-16-8-5-12/h1-8,11H,9-10H2,(H2,18,19,21,22). The molecule has 3 aromatic rings. The molecule has 0 aliphatic rings. The molecule has 3 heterocycles. The van der Waals surface area contributed by atoms with Crippen LogP contribution in [-0.2, 0) is 13.1 Å². The molecule has 110 valence electrons. The smallest absolute Gasteiger partial charge is 0.245 e. The van der Waals surface area contributed by atoms with Crippen LogP contribution in [-0.4, -0.2) is 25.1 Å². The lowest BCUT2D eigenvalue weighted by Crippen LogP contribution is -2.08. The van der Waals surface area contributed by atoms with E-state index in [0.29, 0.717) is 24.9 Å². The quantitative estimate of drug-likeness (QED) is 0.717. The van der Waals surface area contributed by atoms with Crippen LogP contribution in [0.15, 0.2) is 55.1 Å². The monoisotopic (exact) mass is 293 g/mol. The zero-order valence-electron chi connectivity index (χ0n) is 11.8. The summed E-state index contributed by atoms with van der Waals surface area (Å²) in [6, 6.07) is 9.65. The van der Waals surface area contributed by atoms with E-state index in [-0.39, 0.29) is 0 Å². The second-order valence-electron chi connectivity index (χ2n) is 4.55. The summed E-state index contributed by atoms with van der Waals surface area (Å²) < 4.78 is 0. The van der Waals surface area contributed by atoms with Gasteiger partial charge in [0.1, 0.15) is 0 Å². The number of pyridine rings is 2. The zero-order chi connectivity index (χ0) is 15.0. The minimum atomic E-state index is 0.463. The molecule has 7 nitrogen and oxygen atoms in total. The molecule has 0 spiro atoms. The van der Waals surface area contributed by atoms with E-state index < -0.39 is 0 Å². The maximum atomic E-state index is 4.36. The van der Waals surface area contributed by atoms with E-state index in [1.54, 1.807) is 24.8 Å². The first kappa shape index (κ1) is 13.9. The van der Waals surface area contributed by atoms with Crippen molar-refractivity contribution < 1.29 is 0 Å². The lowest BCUT2D eigenvalue weighted by Gasteiger charge is -2.07. The van der Waals surface area contributed by atoms with Gasteiger partial charge in [0.05, 0.1) is 18.4 Å². The van der Waals surface area contributed by atoms with Gasteiger partial charge >= 0.3 is 0 Å². The number of nitrogens with zero attached hydrogens (tertiary/aromatic N) is 5. The summed E-state index contributed by atoms with van der Waals surface area (Å²) in [6.45, 7) is 1.21. The number of aromatic nitrogens is 5. The van der Waals surface area contributed by atoms with Crippen molar-refractivity contribution in [1.29, 1.82) is 0 Å². The largest absolute Gasteiger partial charge is 0.365 e. The Kier molecular flexibility index (Phi) is 4.46. The number of rotatable bonds is 6. The van der Waals surface area contributed by atoms with Gasteiger partial charge in [-0.2, -0.15) is 10.1 Å². The molecule has 2 N–H and O–H groups in total. The maximum absolute atomic E-state index is 4.36. The number of hydrogen-bond acceptors (Lipinski definition) is 7. The van der Waals surface area contributed by atoms with Crippen molar-refractivity contribution in [3.8, 4) is 0 Å². The first-order valence-corrected chi connectivity index (χ1v) is 6.86. The third kappa shape index (κ3) is 3.95. The Hall–Kier alpha value is -3.09. The molecule has 22 heavy (non-hydrogen) atoms. The first-order valence-electron chi connectivity index (χ1n) is 6.86. The van der Waals surface area contributed by atoms with Crippen molar-refractivity contribution in [3.63, 3.8) is 0 Å². The molecule has 0 aromatic carbocycles. The highest BCUT2D eigenvalue weighted by molar-refractivity contribution is 5.37. The van der Waals surface area contributed by atoms with Gasteiger partial charge < -0.3 is 10.6 Å². The predicted octanol–water partition coefficient (Wildman–Crippen LogP) is 1.89. The Morgan fingerprint density at radius 2 is 1.82 bits per heavy atom. The third-order valence-corrected chi connectivity index (χ3v) is 2.94. The summed E-state index contributed by atoms with van der Waals surface area (Å²) in [5.74, 6) is 1.13. The molecule has 3 aromatic heterocycles. The second-order valence-corrected chi connectivity index (χ2v) is 4.55. The van der Waals surface area contributed by atoms with Gasteiger partial charge in [-0.15, -0.1) is 5.10 Å². The molecule has 0 fully saturated rings. The fourth-order valence-corrected chi connectivity index (χ4v) is 1.83. The van der Waals surface area contributed by atoms with E-state index in [9.17, 15) is 0 Å². The Balaban J connectivity index is 1.58. The summed E-state index contributed by atoms with van der Waals surface area (Å²) in [7, 11) is 0. The molecule has 3 rings (SSSR count). The van der Waals surface area contributed by atoms with Crippen LogP contribution in [0.4, 0.5) is 11.8 Å². The SMILES string of the molecule is c1ccc(CNc2nncc(NCc3ccncc3)n2)nc1. The van der Waals surface area contributed by atoms with Crippen LogP contribution >= 0.6 is 0 Å². The lowest BCUT2D eigenvalue weighted by molar-refractivity contribution is 0.925. The van der Waals surface area contributed by atoms with Gasteiger partial charge in [-0.3, -0.25) is 9.97 Å².